The number of carbonyl (C=O) groups excluding carboxylic acids is 3. The van der Waals surface area contributed by atoms with E-state index in [-0.39, 0.29) is 6.54 Å². The molecule has 1 aliphatic rings. The average Bonchev–Trinajstić information content (AvgIpc) is 3.30. The Morgan fingerprint density at radius 1 is 1.36 bits per heavy atom. The number of nitrogens with one attached hydrogen (secondary N) is 1. The lowest BCUT2D eigenvalue weighted by atomic mass is 10.2. The molecule has 3 rings (SSSR count). The number of hydrogen-bond donors (Lipinski definition) is 1. The molecule has 1 fully saturated rings. The van der Waals surface area contributed by atoms with E-state index in [0.29, 0.717) is 18.7 Å². The summed E-state index contributed by atoms with van der Waals surface area (Å²) in [4.78, 5) is 36.7. The monoisotopic (exact) mass is 345 g/mol. The highest BCUT2D eigenvalue weighted by Crippen LogP contribution is 2.18. The lowest BCUT2D eigenvalue weighted by Gasteiger charge is -2.12. The van der Waals surface area contributed by atoms with Crippen molar-refractivity contribution in [1.82, 2.24) is 14.8 Å². The molecular weight excluding hydrogens is 326 g/mol. The molecule has 0 bridgehead atoms. The van der Waals surface area contributed by atoms with Crippen LogP contribution in [0.25, 0.3) is 0 Å². The fraction of sp³-hybridized carbons (Fsp3) is 0.353. The van der Waals surface area contributed by atoms with Crippen LogP contribution in [-0.4, -0.2) is 47.1 Å². The number of furan rings is 1. The SMILES string of the molecule is Cc1cc(C(=O)OCC(=O)N2CCNC2=O)c(C)n1Cc1ccco1. The molecule has 3 amide bonds. The van der Waals surface area contributed by atoms with Gasteiger partial charge in [-0.25, -0.2) is 9.59 Å². The Kier molecular flexibility index (Phi) is 4.60. The lowest BCUT2D eigenvalue weighted by Crippen LogP contribution is -2.37. The highest BCUT2D eigenvalue weighted by Gasteiger charge is 2.27. The van der Waals surface area contributed by atoms with Gasteiger partial charge in [0.1, 0.15) is 5.76 Å². The van der Waals surface area contributed by atoms with Gasteiger partial charge in [-0.1, -0.05) is 0 Å². The van der Waals surface area contributed by atoms with Gasteiger partial charge in [-0.05, 0) is 32.0 Å². The normalized spacial score (nSPS) is 13.8. The molecule has 1 N–H and O–H groups in total. The van der Waals surface area contributed by atoms with Gasteiger partial charge in [0.25, 0.3) is 5.91 Å². The van der Waals surface area contributed by atoms with E-state index in [0.717, 1.165) is 22.0 Å². The molecule has 0 spiro atoms. The Hall–Kier alpha value is -3.03. The van der Waals surface area contributed by atoms with Gasteiger partial charge >= 0.3 is 12.0 Å². The van der Waals surface area contributed by atoms with Crippen LogP contribution in [0.4, 0.5) is 4.79 Å². The van der Waals surface area contributed by atoms with Crippen molar-refractivity contribution in [3.05, 3.63) is 47.2 Å². The first-order valence-corrected chi connectivity index (χ1v) is 7.92. The number of rotatable bonds is 5. The van der Waals surface area contributed by atoms with Crippen molar-refractivity contribution >= 4 is 17.9 Å². The molecule has 0 saturated carbocycles. The number of esters is 1. The lowest BCUT2D eigenvalue weighted by molar-refractivity contribution is -0.130. The molecule has 0 unspecified atom stereocenters. The predicted octanol–water partition coefficient (Wildman–Crippen LogP) is 1.45. The summed E-state index contributed by atoms with van der Waals surface area (Å²) in [7, 11) is 0. The highest BCUT2D eigenvalue weighted by molar-refractivity contribution is 5.98. The van der Waals surface area contributed by atoms with Crippen LogP contribution in [0, 0.1) is 13.8 Å². The van der Waals surface area contributed by atoms with Gasteiger partial charge in [-0.15, -0.1) is 0 Å². The van der Waals surface area contributed by atoms with Gasteiger partial charge in [0.05, 0.1) is 18.4 Å². The second kappa shape index (κ2) is 6.84. The first kappa shape index (κ1) is 16.8. The molecule has 1 aliphatic heterocycles. The summed E-state index contributed by atoms with van der Waals surface area (Å²) in [6, 6.07) is 4.92. The van der Waals surface area contributed by atoms with E-state index in [4.69, 9.17) is 9.15 Å². The van der Waals surface area contributed by atoms with Gasteiger partial charge in [-0.3, -0.25) is 9.69 Å². The molecule has 0 aliphatic carbocycles. The second-order valence-corrected chi connectivity index (χ2v) is 5.80. The Balaban J connectivity index is 1.66. The number of imide groups is 1. The Labute approximate surface area is 144 Å². The molecule has 0 atom stereocenters. The first-order chi connectivity index (χ1) is 12.0. The van der Waals surface area contributed by atoms with Crippen LogP contribution in [0.1, 0.15) is 27.5 Å². The van der Waals surface area contributed by atoms with Gasteiger partial charge in [0.2, 0.25) is 0 Å². The molecule has 25 heavy (non-hydrogen) atoms. The van der Waals surface area contributed by atoms with E-state index in [1.165, 1.54) is 0 Å². The Morgan fingerprint density at radius 3 is 2.80 bits per heavy atom. The van der Waals surface area contributed by atoms with Crippen LogP contribution in [-0.2, 0) is 16.1 Å². The molecule has 0 radical (unpaired) electrons. The summed E-state index contributed by atoms with van der Waals surface area (Å²) in [6.07, 6.45) is 1.60. The van der Waals surface area contributed by atoms with Crippen LogP contribution in [0.2, 0.25) is 0 Å². The fourth-order valence-corrected chi connectivity index (χ4v) is 2.80. The van der Waals surface area contributed by atoms with E-state index in [1.54, 1.807) is 18.4 Å². The van der Waals surface area contributed by atoms with E-state index < -0.39 is 24.5 Å². The quantitative estimate of drug-likeness (QED) is 0.828. The number of aryl methyl sites for hydroxylation is 1. The minimum absolute atomic E-state index is 0.285. The number of carbonyl (C=O) groups is 3. The van der Waals surface area contributed by atoms with Gasteiger partial charge in [0.15, 0.2) is 6.61 Å². The highest BCUT2D eigenvalue weighted by atomic mass is 16.5. The van der Waals surface area contributed by atoms with Crippen LogP contribution >= 0.6 is 0 Å². The number of urea groups is 1. The molecular formula is C17H19N3O5. The predicted molar refractivity (Wildman–Crippen MR) is 87.1 cm³/mol. The van der Waals surface area contributed by atoms with Crippen LogP contribution in [0.15, 0.2) is 28.9 Å². The summed E-state index contributed by atoms with van der Waals surface area (Å²) >= 11 is 0. The van der Waals surface area contributed by atoms with E-state index in [1.807, 2.05) is 24.5 Å². The average molecular weight is 345 g/mol. The van der Waals surface area contributed by atoms with Gasteiger partial charge in [-0.2, -0.15) is 0 Å². The van der Waals surface area contributed by atoms with E-state index in [9.17, 15) is 14.4 Å². The zero-order chi connectivity index (χ0) is 18.0. The number of ether oxygens (including phenoxy) is 1. The fourth-order valence-electron chi connectivity index (χ4n) is 2.80. The first-order valence-electron chi connectivity index (χ1n) is 7.92. The zero-order valence-electron chi connectivity index (χ0n) is 14.1. The summed E-state index contributed by atoms with van der Waals surface area (Å²) in [5.74, 6) is -0.351. The van der Waals surface area contributed by atoms with Gasteiger partial charge < -0.3 is 19.0 Å². The van der Waals surface area contributed by atoms with Crippen LogP contribution in [0.3, 0.4) is 0 Å². The van der Waals surface area contributed by atoms with E-state index >= 15 is 0 Å². The Bertz CT molecular complexity index is 807. The number of nitrogens with zero attached hydrogens (tertiary/aromatic N) is 2. The number of aromatic nitrogens is 1. The third-order valence-corrected chi connectivity index (χ3v) is 4.17. The van der Waals surface area contributed by atoms with Crippen LogP contribution in [0.5, 0.6) is 0 Å². The standard InChI is InChI=1S/C17H19N3O5/c1-11-8-14(12(2)20(11)9-13-4-3-7-24-13)16(22)25-10-15(21)19-6-5-18-17(19)23/h3-4,7-8H,5-6,9-10H2,1-2H3,(H,18,23). The third kappa shape index (κ3) is 3.42. The third-order valence-electron chi connectivity index (χ3n) is 4.17. The summed E-state index contributed by atoms with van der Waals surface area (Å²) in [5.41, 5.74) is 2.00. The zero-order valence-corrected chi connectivity index (χ0v) is 14.1. The minimum Gasteiger partial charge on any atom is -0.467 e. The molecule has 2 aromatic rings. The molecule has 1 saturated heterocycles. The smallest absolute Gasteiger partial charge is 0.340 e. The maximum atomic E-state index is 12.3. The summed E-state index contributed by atoms with van der Waals surface area (Å²) < 4.78 is 12.4. The molecule has 8 nitrogen and oxygen atoms in total. The Morgan fingerprint density at radius 2 is 2.16 bits per heavy atom. The van der Waals surface area contributed by atoms with Crippen molar-refractivity contribution in [3.63, 3.8) is 0 Å². The van der Waals surface area contributed by atoms with Crippen molar-refractivity contribution in [2.24, 2.45) is 0 Å². The molecule has 3 heterocycles. The van der Waals surface area contributed by atoms with Crippen molar-refractivity contribution in [1.29, 1.82) is 0 Å². The van der Waals surface area contributed by atoms with E-state index in [2.05, 4.69) is 5.32 Å². The van der Waals surface area contributed by atoms with Crippen molar-refractivity contribution < 1.29 is 23.5 Å². The van der Waals surface area contributed by atoms with Crippen molar-refractivity contribution in [3.8, 4) is 0 Å². The topological polar surface area (TPSA) is 93.8 Å². The van der Waals surface area contributed by atoms with Crippen molar-refractivity contribution in [2.75, 3.05) is 19.7 Å². The summed E-state index contributed by atoms with van der Waals surface area (Å²) in [6.45, 7) is 4.42. The maximum Gasteiger partial charge on any atom is 0.340 e. The van der Waals surface area contributed by atoms with Crippen LogP contribution < -0.4 is 5.32 Å². The molecule has 8 heteroatoms. The second-order valence-electron chi connectivity index (χ2n) is 5.80. The van der Waals surface area contributed by atoms with Crippen molar-refractivity contribution in [2.45, 2.75) is 20.4 Å². The minimum atomic E-state index is -0.591. The molecule has 132 valence electrons. The molecule has 0 aromatic carbocycles. The number of amides is 3. The van der Waals surface area contributed by atoms with Gasteiger partial charge in [0, 0.05) is 24.5 Å². The summed E-state index contributed by atoms with van der Waals surface area (Å²) in [5, 5.41) is 2.52. The number of hydrogen-bond acceptors (Lipinski definition) is 5. The maximum absolute atomic E-state index is 12.3. The largest absolute Gasteiger partial charge is 0.467 e. The molecule has 2 aromatic heterocycles.